The Kier molecular flexibility index (Phi) is 5.10. The predicted molar refractivity (Wildman–Crippen MR) is 121 cm³/mol. The van der Waals surface area contributed by atoms with Crippen LogP contribution in [-0.4, -0.2) is 10.9 Å². The van der Waals surface area contributed by atoms with E-state index in [4.69, 9.17) is 10.5 Å². The van der Waals surface area contributed by atoms with Gasteiger partial charge in [-0.3, -0.25) is 4.79 Å². The van der Waals surface area contributed by atoms with Crippen molar-refractivity contribution in [3.8, 4) is 11.6 Å². The van der Waals surface area contributed by atoms with Crippen molar-refractivity contribution < 1.29 is 9.53 Å². The normalized spacial score (nSPS) is 15.0. The van der Waals surface area contributed by atoms with Crippen molar-refractivity contribution in [1.82, 2.24) is 10.3 Å². The molecule has 5 nitrogen and oxygen atoms in total. The number of hydrogen-bond donors (Lipinski definition) is 2. The van der Waals surface area contributed by atoms with Crippen LogP contribution in [0.2, 0.25) is 0 Å². The molecule has 0 aliphatic heterocycles. The Bertz CT molecular complexity index is 1250. The molecule has 1 aliphatic carbocycles. The van der Waals surface area contributed by atoms with E-state index in [9.17, 15) is 4.79 Å². The molecule has 0 unspecified atom stereocenters. The minimum absolute atomic E-state index is 0.354. The Morgan fingerprint density at radius 1 is 1.00 bits per heavy atom. The molecular weight excluding hydrogens is 386 g/mol. The van der Waals surface area contributed by atoms with Crippen molar-refractivity contribution in [2.24, 2.45) is 5.73 Å². The number of nitrogens with zero attached hydrogens (tertiary/aromatic N) is 1. The summed E-state index contributed by atoms with van der Waals surface area (Å²) >= 11 is 0. The van der Waals surface area contributed by atoms with E-state index in [1.165, 1.54) is 22.9 Å². The molecule has 4 aromatic rings. The Morgan fingerprint density at radius 3 is 2.61 bits per heavy atom. The minimum Gasteiger partial charge on any atom is -0.438 e. The van der Waals surface area contributed by atoms with Crippen molar-refractivity contribution in [2.75, 3.05) is 0 Å². The molecule has 1 aliphatic rings. The molecule has 3 aromatic carbocycles. The lowest BCUT2D eigenvalue weighted by Gasteiger charge is -2.16. The number of aromatic nitrogens is 1. The summed E-state index contributed by atoms with van der Waals surface area (Å²) in [4.78, 5) is 15.4. The SMILES string of the molecule is NC(=O)c1ccc(Oc2ccc(CN[C@H]3CCc4ccccc43)c3ccccc23)nc1. The third-order valence-corrected chi connectivity index (χ3v) is 5.88. The fraction of sp³-hybridized carbons (Fsp3) is 0.154. The van der Waals surface area contributed by atoms with Gasteiger partial charge in [0, 0.05) is 30.2 Å². The first-order valence-electron chi connectivity index (χ1n) is 10.4. The number of benzene rings is 3. The maximum absolute atomic E-state index is 11.2. The number of carbonyl (C=O) groups excluding carboxylic acids is 1. The van der Waals surface area contributed by atoms with Gasteiger partial charge in [-0.25, -0.2) is 4.98 Å². The summed E-state index contributed by atoms with van der Waals surface area (Å²) in [6.45, 7) is 0.783. The van der Waals surface area contributed by atoms with Gasteiger partial charge in [-0.1, -0.05) is 54.6 Å². The summed E-state index contributed by atoms with van der Waals surface area (Å²) in [6, 6.07) is 24.6. The molecule has 1 atom stereocenters. The van der Waals surface area contributed by atoms with Gasteiger partial charge >= 0.3 is 0 Å². The van der Waals surface area contributed by atoms with Gasteiger partial charge in [0.1, 0.15) is 5.75 Å². The number of nitrogens with two attached hydrogens (primary N) is 1. The van der Waals surface area contributed by atoms with Crippen LogP contribution < -0.4 is 15.8 Å². The number of primary amides is 1. The van der Waals surface area contributed by atoms with Crippen molar-refractivity contribution in [1.29, 1.82) is 0 Å². The standard InChI is InChI=1S/C26H23N3O2/c27-26(30)19-11-14-25(29-16-19)31-24-13-10-18(20-6-3-4-8-22(20)24)15-28-23-12-9-17-5-1-2-7-21(17)23/h1-8,10-11,13-14,16,23,28H,9,12,15H2,(H2,27,30)/t23-/m0/s1. The average molecular weight is 409 g/mol. The van der Waals surface area contributed by atoms with Gasteiger partial charge in [0.2, 0.25) is 11.8 Å². The van der Waals surface area contributed by atoms with Crippen molar-refractivity contribution in [3.05, 3.63) is 101 Å². The number of nitrogens with one attached hydrogen (secondary N) is 1. The molecule has 1 heterocycles. The maximum atomic E-state index is 11.2. The second-order valence-corrected chi connectivity index (χ2v) is 7.79. The van der Waals surface area contributed by atoms with Gasteiger partial charge in [0.25, 0.3) is 0 Å². The summed E-state index contributed by atoms with van der Waals surface area (Å²) in [5, 5.41) is 5.90. The molecule has 154 valence electrons. The van der Waals surface area contributed by atoms with E-state index >= 15 is 0 Å². The van der Waals surface area contributed by atoms with Crippen LogP contribution in [0.5, 0.6) is 11.6 Å². The molecular formula is C26H23N3O2. The molecule has 1 aromatic heterocycles. The number of hydrogen-bond acceptors (Lipinski definition) is 4. The zero-order valence-corrected chi connectivity index (χ0v) is 17.0. The van der Waals surface area contributed by atoms with Gasteiger partial charge in [-0.15, -0.1) is 0 Å². The van der Waals surface area contributed by atoms with Crippen molar-refractivity contribution in [2.45, 2.75) is 25.4 Å². The Labute approximate surface area is 180 Å². The fourth-order valence-corrected chi connectivity index (χ4v) is 4.28. The van der Waals surface area contributed by atoms with E-state index in [1.807, 2.05) is 18.2 Å². The summed E-state index contributed by atoms with van der Waals surface area (Å²) in [5.74, 6) is 0.639. The number of aryl methyl sites for hydroxylation is 1. The molecule has 0 saturated heterocycles. The van der Waals surface area contributed by atoms with Crippen LogP contribution in [-0.2, 0) is 13.0 Å². The maximum Gasteiger partial charge on any atom is 0.250 e. The number of pyridine rings is 1. The Hall–Kier alpha value is -3.70. The quantitative estimate of drug-likeness (QED) is 0.475. The highest BCUT2D eigenvalue weighted by molar-refractivity contribution is 5.92. The Morgan fingerprint density at radius 2 is 1.81 bits per heavy atom. The second kappa shape index (κ2) is 8.20. The van der Waals surface area contributed by atoms with Crippen molar-refractivity contribution >= 4 is 16.7 Å². The molecule has 5 rings (SSSR count). The Balaban J connectivity index is 1.38. The molecule has 0 radical (unpaired) electrons. The predicted octanol–water partition coefficient (Wildman–Crippen LogP) is 4.90. The number of ether oxygens (including phenoxy) is 1. The zero-order valence-electron chi connectivity index (χ0n) is 17.0. The highest BCUT2D eigenvalue weighted by atomic mass is 16.5. The summed E-state index contributed by atoms with van der Waals surface area (Å²) in [7, 11) is 0. The van der Waals surface area contributed by atoms with Gasteiger partial charge in [-0.2, -0.15) is 0 Å². The highest BCUT2D eigenvalue weighted by Gasteiger charge is 2.21. The van der Waals surface area contributed by atoms with E-state index in [2.05, 4.69) is 52.8 Å². The molecule has 1 amide bonds. The van der Waals surface area contributed by atoms with Gasteiger partial charge in [0.15, 0.2) is 0 Å². The summed E-state index contributed by atoms with van der Waals surface area (Å²) in [6.07, 6.45) is 3.69. The van der Waals surface area contributed by atoms with E-state index in [0.717, 1.165) is 35.9 Å². The monoisotopic (exact) mass is 409 g/mol. The molecule has 31 heavy (non-hydrogen) atoms. The summed E-state index contributed by atoms with van der Waals surface area (Å²) < 4.78 is 6.02. The topological polar surface area (TPSA) is 77.2 Å². The molecule has 5 heteroatoms. The van der Waals surface area contributed by atoms with E-state index in [1.54, 1.807) is 12.1 Å². The van der Waals surface area contributed by atoms with Crippen LogP contribution in [0.3, 0.4) is 0 Å². The largest absolute Gasteiger partial charge is 0.438 e. The number of fused-ring (bicyclic) bond motifs is 2. The molecule has 3 N–H and O–H groups in total. The van der Waals surface area contributed by atoms with Crippen LogP contribution in [0.1, 0.15) is 39.5 Å². The van der Waals surface area contributed by atoms with E-state index in [-0.39, 0.29) is 0 Å². The number of rotatable bonds is 6. The third-order valence-electron chi connectivity index (χ3n) is 5.88. The smallest absolute Gasteiger partial charge is 0.250 e. The van der Waals surface area contributed by atoms with Crippen LogP contribution in [0, 0.1) is 0 Å². The van der Waals surface area contributed by atoms with E-state index < -0.39 is 5.91 Å². The highest BCUT2D eigenvalue weighted by Crippen LogP contribution is 2.34. The van der Waals surface area contributed by atoms with Crippen LogP contribution >= 0.6 is 0 Å². The molecule has 0 fully saturated rings. The van der Waals surface area contributed by atoms with Gasteiger partial charge in [-0.05, 0) is 47.1 Å². The van der Waals surface area contributed by atoms with Crippen LogP contribution in [0.25, 0.3) is 10.8 Å². The number of amides is 1. The summed E-state index contributed by atoms with van der Waals surface area (Å²) in [5.41, 5.74) is 9.72. The first-order valence-corrected chi connectivity index (χ1v) is 10.4. The average Bonchev–Trinajstić information content (AvgIpc) is 3.22. The number of carbonyl (C=O) groups is 1. The molecule has 0 saturated carbocycles. The zero-order chi connectivity index (χ0) is 21.2. The van der Waals surface area contributed by atoms with Crippen molar-refractivity contribution in [3.63, 3.8) is 0 Å². The molecule has 0 bridgehead atoms. The first kappa shape index (κ1) is 19.3. The molecule has 0 spiro atoms. The van der Waals surface area contributed by atoms with Gasteiger partial charge in [0.05, 0.1) is 5.56 Å². The fourth-order valence-electron chi connectivity index (χ4n) is 4.28. The van der Waals surface area contributed by atoms with E-state index in [0.29, 0.717) is 17.5 Å². The van der Waals surface area contributed by atoms with Gasteiger partial charge < -0.3 is 15.8 Å². The second-order valence-electron chi connectivity index (χ2n) is 7.79. The minimum atomic E-state index is -0.508. The van der Waals surface area contributed by atoms with Crippen LogP contribution in [0.4, 0.5) is 0 Å². The lowest BCUT2D eigenvalue weighted by Crippen LogP contribution is -2.18. The third kappa shape index (κ3) is 3.88. The first-order chi connectivity index (χ1) is 15.2. The van der Waals surface area contributed by atoms with Crippen LogP contribution in [0.15, 0.2) is 79.0 Å². The lowest BCUT2D eigenvalue weighted by atomic mass is 10.0. The lowest BCUT2D eigenvalue weighted by molar-refractivity contribution is 0.1000.